The molecule has 0 saturated carbocycles. The van der Waals surface area contributed by atoms with E-state index >= 15 is 0 Å². The van der Waals surface area contributed by atoms with Gasteiger partial charge in [0.2, 0.25) is 11.0 Å². The van der Waals surface area contributed by atoms with E-state index in [-0.39, 0.29) is 5.91 Å². The molecule has 5 nitrogen and oxygen atoms in total. The molecule has 0 radical (unpaired) electrons. The lowest BCUT2D eigenvalue weighted by Gasteiger charge is -2.04. The molecule has 0 aliphatic carbocycles. The summed E-state index contributed by atoms with van der Waals surface area (Å²) in [4.78, 5) is 11.8. The van der Waals surface area contributed by atoms with Gasteiger partial charge in [-0.3, -0.25) is 4.79 Å². The molecule has 22 heavy (non-hydrogen) atoms. The van der Waals surface area contributed by atoms with Crippen LogP contribution in [0, 0.1) is 6.92 Å². The lowest BCUT2D eigenvalue weighted by molar-refractivity contribution is -0.118. The van der Waals surface area contributed by atoms with E-state index in [2.05, 4.69) is 27.8 Å². The van der Waals surface area contributed by atoms with Gasteiger partial charge in [-0.05, 0) is 18.9 Å². The van der Waals surface area contributed by atoms with Crippen molar-refractivity contribution in [2.45, 2.75) is 31.2 Å². The molecule has 0 aliphatic rings. The number of hydrogen-bond acceptors (Lipinski definition) is 6. The zero-order valence-electron chi connectivity index (χ0n) is 12.8. The average Bonchev–Trinajstić information content (AvgIpc) is 2.98. The topological polar surface area (TPSA) is 66.9 Å². The van der Waals surface area contributed by atoms with Crippen LogP contribution in [0.2, 0.25) is 0 Å². The number of anilines is 1. The van der Waals surface area contributed by atoms with Crippen LogP contribution in [0.15, 0.2) is 28.6 Å². The van der Waals surface area contributed by atoms with Gasteiger partial charge in [0, 0.05) is 13.1 Å². The summed E-state index contributed by atoms with van der Waals surface area (Å²) in [7, 11) is 0. The SMILES string of the molecule is CCCNc1nnc(SCC(=O)NCc2ccc(C)cc2)s1. The summed E-state index contributed by atoms with van der Waals surface area (Å²) in [5, 5.41) is 15.0. The minimum atomic E-state index is 0.00356. The van der Waals surface area contributed by atoms with Crippen LogP contribution in [0.5, 0.6) is 0 Å². The molecule has 2 rings (SSSR count). The van der Waals surface area contributed by atoms with Crippen LogP contribution in [0.25, 0.3) is 0 Å². The second-order valence-corrected chi connectivity index (χ2v) is 7.05. The number of carbonyl (C=O) groups is 1. The number of rotatable bonds is 8. The highest BCUT2D eigenvalue weighted by atomic mass is 32.2. The van der Waals surface area contributed by atoms with Gasteiger partial charge >= 0.3 is 0 Å². The molecule has 0 saturated heterocycles. The molecule has 0 atom stereocenters. The fourth-order valence-corrected chi connectivity index (χ4v) is 3.26. The highest BCUT2D eigenvalue weighted by molar-refractivity contribution is 8.01. The fraction of sp³-hybridized carbons (Fsp3) is 0.400. The first kappa shape index (κ1) is 16.8. The second-order valence-electron chi connectivity index (χ2n) is 4.85. The minimum absolute atomic E-state index is 0.00356. The molecule has 0 aliphatic heterocycles. The largest absolute Gasteiger partial charge is 0.360 e. The number of nitrogens with one attached hydrogen (secondary N) is 2. The molecule has 1 aromatic carbocycles. The summed E-state index contributed by atoms with van der Waals surface area (Å²) < 4.78 is 0.809. The van der Waals surface area contributed by atoms with Crippen molar-refractivity contribution >= 4 is 34.1 Å². The van der Waals surface area contributed by atoms with Crippen molar-refractivity contribution in [2.24, 2.45) is 0 Å². The Kier molecular flexibility index (Phi) is 6.67. The molecule has 2 aromatic rings. The third-order valence-electron chi connectivity index (χ3n) is 2.87. The third kappa shape index (κ3) is 5.65. The number of nitrogens with zero attached hydrogens (tertiary/aromatic N) is 2. The Labute approximate surface area is 138 Å². The Bertz CT molecular complexity index is 598. The highest BCUT2D eigenvalue weighted by Gasteiger charge is 2.07. The lowest BCUT2D eigenvalue weighted by atomic mass is 10.1. The maximum absolute atomic E-state index is 11.8. The third-order valence-corrected chi connectivity index (χ3v) is 4.88. The molecule has 2 N–H and O–H groups in total. The Morgan fingerprint density at radius 1 is 1.27 bits per heavy atom. The van der Waals surface area contributed by atoms with Crippen molar-refractivity contribution in [1.82, 2.24) is 15.5 Å². The van der Waals surface area contributed by atoms with Crippen LogP contribution in [-0.2, 0) is 11.3 Å². The van der Waals surface area contributed by atoms with E-state index in [0.29, 0.717) is 12.3 Å². The van der Waals surface area contributed by atoms with Gasteiger partial charge in [-0.25, -0.2) is 0 Å². The van der Waals surface area contributed by atoms with E-state index in [4.69, 9.17) is 0 Å². The van der Waals surface area contributed by atoms with E-state index in [1.165, 1.54) is 28.7 Å². The van der Waals surface area contributed by atoms with Crippen LogP contribution in [-0.4, -0.2) is 28.4 Å². The first-order chi connectivity index (χ1) is 10.7. The van der Waals surface area contributed by atoms with Crippen LogP contribution in [0.1, 0.15) is 24.5 Å². The summed E-state index contributed by atoms with van der Waals surface area (Å²) in [5.41, 5.74) is 2.32. The van der Waals surface area contributed by atoms with Gasteiger partial charge in [0.15, 0.2) is 4.34 Å². The molecule has 1 aromatic heterocycles. The lowest BCUT2D eigenvalue weighted by Crippen LogP contribution is -2.24. The summed E-state index contributed by atoms with van der Waals surface area (Å²) in [5.74, 6) is 0.359. The summed E-state index contributed by atoms with van der Waals surface area (Å²) in [6.45, 7) is 5.59. The van der Waals surface area contributed by atoms with Crippen molar-refractivity contribution in [3.63, 3.8) is 0 Å². The van der Waals surface area contributed by atoms with Gasteiger partial charge < -0.3 is 10.6 Å². The average molecular weight is 336 g/mol. The van der Waals surface area contributed by atoms with Crippen LogP contribution >= 0.6 is 23.1 Å². The number of aromatic nitrogens is 2. The predicted molar refractivity (Wildman–Crippen MR) is 92.4 cm³/mol. The number of aryl methyl sites for hydroxylation is 1. The van der Waals surface area contributed by atoms with Crippen LogP contribution in [0.3, 0.4) is 0 Å². The molecular weight excluding hydrogens is 316 g/mol. The second kappa shape index (κ2) is 8.75. The van der Waals surface area contributed by atoms with E-state index in [0.717, 1.165) is 28.0 Å². The molecule has 0 bridgehead atoms. The molecule has 1 amide bonds. The van der Waals surface area contributed by atoms with E-state index in [1.54, 1.807) is 0 Å². The van der Waals surface area contributed by atoms with Crippen molar-refractivity contribution in [2.75, 3.05) is 17.6 Å². The monoisotopic (exact) mass is 336 g/mol. The molecule has 7 heteroatoms. The maximum atomic E-state index is 11.8. The Morgan fingerprint density at radius 3 is 2.77 bits per heavy atom. The fourth-order valence-electron chi connectivity index (χ4n) is 1.66. The number of carbonyl (C=O) groups excluding carboxylic acids is 1. The van der Waals surface area contributed by atoms with E-state index < -0.39 is 0 Å². The normalized spacial score (nSPS) is 10.5. The van der Waals surface area contributed by atoms with Gasteiger partial charge in [-0.2, -0.15) is 0 Å². The maximum Gasteiger partial charge on any atom is 0.230 e. The van der Waals surface area contributed by atoms with Gasteiger partial charge in [0.05, 0.1) is 5.75 Å². The molecule has 118 valence electrons. The van der Waals surface area contributed by atoms with Gasteiger partial charge in [-0.1, -0.05) is 59.9 Å². The number of amides is 1. The molecule has 0 spiro atoms. The Hall–Kier alpha value is -1.60. The van der Waals surface area contributed by atoms with E-state index in [9.17, 15) is 4.79 Å². The minimum Gasteiger partial charge on any atom is -0.360 e. The summed E-state index contributed by atoms with van der Waals surface area (Å²) >= 11 is 2.89. The summed E-state index contributed by atoms with van der Waals surface area (Å²) in [6.07, 6.45) is 1.05. The predicted octanol–water partition coefficient (Wildman–Crippen LogP) is 3.08. The van der Waals surface area contributed by atoms with Gasteiger partial charge in [0.1, 0.15) is 0 Å². The quantitative estimate of drug-likeness (QED) is 0.725. The van der Waals surface area contributed by atoms with Crippen molar-refractivity contribution < 1.29 is 4.79 Å². The highest BCUT2D eigenvalue weighted by Crippen LogP contribution is 2.25. The van der Waals surface area contributed by atoms with Gasteiger partial charge in [-0.15, -0.1) is 10.2 Å². The van der Waals surface area contributed by atoms with E-state index in [1.807, 2.05) is 31.2 Å². The van der Waals surface area contributed by atoms with Crippen molar-refractivity contribution in [3.05, 3.63) is 35.4 Å². The molecular formula is C15H20N4OS2. The zero-order chi connectivity index (χ0) is 15.8. The van der Waals surface area contributed by atoms with Crippen molar-refractivity contribution in [1.29, 1.82) is 0 Å². The zero-order valence-corrected chi connectivity index (χ0v) is 14.4. The molecule has 0 fully saturated rings. The smallest absolute Gasteiger partial charge is 0.230 e. The van der Waals surface area contributed by atoms with Gasteiger partial charge in [0.25, 0.3) is 0 Å². The molecule has 0 unspecified atom stereocenters. The standard InChI is InChI=1S/C15H20N4OS2/c1-3-8-16-14-18-19-15(22-14)21-10-13(20)17-9-12-6-4-11(2)5-7-12/h4-7H,3,8-10H2,1-2H3,(H,16,18)(H,17,20). The Balaban J connectivity index is 1.71. The van der Waals surface area contributed by atoms with Crippen LogP contribution in [0.4, 0.5) is 5.13 Å². The van der Waals surface area contributed by atoms with Crippen LogP contribution < -0.4 is 10.6 Å². The molecule has 1 heterocycles. The van der Waals surface area contributed by atoms with Crippen molar-refractivity contribution in [3.8, 4) is 0 Å². The summed E-state index contributed by atoms with van der Waals surface area (Å²) in [6, 6.07) is 8.14. The first-order valence-corrected chi connectivity index (χ1v) is 9.00. The number of thioether (sulfide) groups is 1. The first-order valence-electron chi connectivity index (χ1n) is 7.20. The number of hydrogen-bond donors (Lipinski definition) is 2. The number of benzene rings is 1. The Morgan fingerprint density at radius 2 is 2.05 bits per heavy atom.